The summed E-state index contributed by atoms with van der Waals surface area (Å²) in [7, 11) is 0. The van der Waals surface area contributed by atoms with E-state index in [0.29, 0.717) is 11.3 Å². The summed E-state index contributed by atoms with van der Waals surface area (Å²) in [5.74, 6) is 0.293. The van der Waals surface area contributed by atoms with Crippen LogP contribution in [0.15, 0.2) is 41.8 Å². The average Bonchev–Trinajstić information content (AvgIpc) is 2.99. The van der Waals surface area contributed by atoms with E-state index in [1.54, 1.807) is 35.6 Å². The van der Waals surface area contributed by atoms with Crippen LogP contribution in [0, 0.1) is 0 Å². The van der Waals surface area contributed by atoms with Gasteiger partial charge in [0.15, 0.2) is 12.4 Å². The SMILES string of the molecule is CC(=O)c1cccc(OCC(=O)NC(C)c2cccs2)c1. The molecule has 0 aliphatic rings. The molecule has 1 N–H and O–H groups in total. The van der Waals surface area contributed by atoms with Crippen molar-refractivity contribution in [1.29, 1.82) is 0 Å². The monoisotopic (exact) mass is 303 g/mol. The van der Waals surface area contributed by atoms with Crippen molar-refractivity contribution >= 4 is 23.0 Å². The summed E-state index contributed by atoms with van der Waals surface area (Å²) in [5, 5.41) is 4.84. The number of benzene rings is 1. The highest BCUT2D eigenvalue weighted by Crippen LogP contribution is 2.18. The van der Waals surface area contributed by atoms with Crippen molar-refractivity contribution in [2.45, 2.75) is 19.9 Å². The second kappa shape index (κ2) is 7.04. The fourth-order valence-corrected chi connectivity index (χ4v) is 2.58. The molecule has 21 heavy (non-hydrogen) atoms. The molecule has 0 saturated heterocycles. The number of rotatable bonds is 6. The van der Waals surface area contributed by atoms with E-state index < -0.39 is 0 Å². The zero-order valence-corrected chi connectivity index (χ0v) is 12.8. The van der Waals surface area contributed by atoms with Crippen LogP contribution in [0.3, 0.4) is 0 Å². The lowest BCUT2D eigenvalue weighted by atomic mass is 10.1. The molecule has 0 fully saturated rings. The molecule has 0 aliphatic heterocycles. The van der Waals surface area contributed by atoms with Crippen LogP contribution in [0.5, 0.6) is 5.75 Å². The molecule has 2 rings (SSSR count). The predicted molar refractivity (Wildman–Crippen MR) is 82.8 cm³/mol. The molecule has 0 bridgehead atoms. The van der Waals surface area contributed by atoms with Crippen LogP contribution in [0.1, 0.15) is 35.1 Å². The van der Waals surface area contributed by atoms with Gasteiger partial charge in [-0.25, -0.2) is 0 Å². The number of ether oxygens (including phenoxy) is 1. The first-order valence-electron chi connectivity index (χ1n) is 6.63. The lowest BCUT2D eigenvalue weighted by molar-refractivity contribution is -0.123. The quantitative estimate of drug-likeness (QED) is 0.834. The van der Waals surface area contributed by atoms with Gasteiger partial charge in [-0.3, -0.25) is 9.59 Å². The number of Topliss-reactive ketones (excluding diaryl/α,β-unsaturated/α-hetero) is 1. The first-order chi connectivity index (χ1) is 10.1. The minimum atomic E-state index is -0.191. The van der Waals surface area contributed by atoms with Crippen molar-refractivity contribution in [2.75, 3.05) is 6.61 Å². The van der Waals surface area contributed by atoms with Crippen LogP contribution in [0.4, 0.5) is 0 Å². The van der Waals surface area contributed by atoms with Crippen LogP contribution in [0.2, 0.25) is 0 Å². The highest BCUT2D eigenvalue weighted by Gasteiger charge is 2.11. The molecule has 0 spiro atoms. The van der Waals surface area contributed by atoms with E-state index in [2.05, 4.69) is 5.32 Å². The standard InChI is InChI=1S/C16H17NO3S/c1-11(15-7-4-8-21-15)17-16(19)10-20-14-6-3-5-13(9-14)12(2)18/h3-9,11H,10H2,1-2H3,(H,17,19). The summed E-state index contributed by atoms with van der Waals surface area (Å²) in [5.41, 5.74) is 0.569. The molecule has 0 radical (unpaired) electrons. The number of carbonyl (C=O) groups excluding carboxylic acids is 2. The summed E-state index contributed by atoms with van der Waals surface area (Å²) >= 11 is 1.60. The van der Waals surface area contributed by atoms with E-state index in [1.165, 1.54) is 6.92 Å². The van der Waals surface area contributed by atoms with E-state index >= 15 is 0 Å². The van der Waals surface area contributed by atoms with Crippen molar-refractivity contribution in [2.24, 2.45) is 0 Å². The average molecular weight is 303 g/mol. The van der Waals surface area contributed by atoms with E-state index in [9.17, 15) is 9.59 Å². The van der Waals surface area contributed by atoms with Gasteiger partial charge in [0.25, 0.3) is 5.91 Å². The zero-order valence-electron chi connectivity index (χ0n) is 12.0. The Morgan fingerprint density at radius 1 is 1.29 bits per heavy atom. The highest BCUT2D eigenvalue weighted by molar-refractivity contribution is 7.10. The molecule has 1 amide bonds. The maximum Gasteiger partial charge on any atom is 0.258 e. The summed E-state index contributed by atoms with van der Waals surface area (Å²) in [6, 6.07) is 10.7. The van der Waals surface area contributed by atoms with Gasteiger partial charge in [-0.2, -0.15) is 0 Å². The molecule has 2 aromatic rings. The highest BCUT2D eigenvalue weighted by atomic mass is 32.1. The fourth-order valence-electron chi connectivity index (χ4n) is 1.85. The number of thiophene rings is 1. The van der Waals surface area contributed by atoms with Crippen LogP contribution in [-0.2, 0) is 4.79 Å². The number of hydrogen-bond acceptors (Lipinski definition) is 4. The van der Waals surface area contributed by atoms with Gasteiger partial charge in [0.1, 0.15) is 5.75 Å². The molecule has 1 heterocycles. The van der Waals surface area contributed by atoms with Crippen molar-refractivity contribution in [3.05, 3.63) is 52.2 Å². The van der Waals surface area contributed by atoms with Crippen molar-refractivity contribution in [1.82, 2.24) is 5.32 Å². The predicted octanol–water partition coefficient (Wildman–Crippen LogP) is 3.21. The second-order valence-electron chi connectivity index (χ2n) is 4.68. The summed E-state index contributed by atoms with van der Waals surface area (Å²) in [6.45, 7) is 3.35. The first-order valence-corrected chi connectivity index (χ1v) is 7.51. The number of ketones is 1. The van der Waals surface area contributed by atoms with Gasteiger partial charge in [-0.05, 0) is 37.4 Å². The fraction of sp³-hybridized carbons (Fsp3) is 0.250. The third-order valence-corrected chi connectivity index (χ3v) is 4.01. The van der Waals surface area contributed by atoms with Gasteiger partial charge in [0, 0.05) is 10.4 Å². The molecular weight excluding hydrogens is 286 g/mol. The molecule has 1 atom stereocenters. The number of hydrogen-bond donors (Lipinski definition) is 1. The van der Waals surface area contributed by atoms with E-state index in [4.69, 9.17) is 4.74 Å². The van der Waals surface area contributed by atoms with E-state index in [0.717, 1.165) is 4.88 Å². The molecule has 0 saturated carbocycles. The summed E-state index contributed by atoms with van der Waals surface area (Å²) in [6.07, 6.45) is 0. The van der Waals surface area contributed by atoms with Gasteiger partial charge >= 0.3 is 0 Å². The Morgan fingerprint density at radius 3 is 2.76 bits per heavy atom. The number of amides is 1. The van der Waals surface area contributed by atoms with Gasteiger partial charge in [0.05, 0.1) is 6.04 Å². The first kappa shape index (κ1) is 15.3. The third-order valence-electron chi connectivity index (χ3n) is 2.96. The second-order valence-corrected chi connectivity index (χ2v) is 5.66. The topological polar surface area (TPSA) is 55.4 Å². The van der Waals surface area contributed by atoms with Crippen molar-refractivity contribution < 1.29 is 14.3 Å². The normalized spacial score (nSPS) is 11.7. The summed E-state index contributed by atoms with van der Waals surface area (Å²) < 4.78 is 5.42. The molecular formula is C16H17NO3S. The third kappa shape index (κ3) is 4.43. The van der Waals surface area contributed by atoms with Crippen LogP contribution < -0.4 is 10.1 Å². The molecule has 1 aromatic heterocycles. The number of carbonyl (C=O) groups is 2. The van der Waals surface area contributed by atoms with Crippen LogP contribution in [-0.4, -0.2) is 18.3 Å². The molecule has 4 nitrogen and oxygen atoms in total. The molecule has 1 aromatic carbocycles. The minimum absolute atomic E-state index is 0.0313. The lowest BCUT2D eigenvalue weighted by Gasteiger charge is -2.13. The maximum absolute atomic E-state index is 11.8. The van der Waals surface area contributed by atoms with Gasteiger partial charge in [-0.1, -0.05) is 18.2 Å². The van der Waals surface area contributed by atoms with Crippen LogP contribution in [0.25, 0.3) is 0 Å². The van der Waals surface area contributed by atoms with E-state index in [-0.39, 0.29) is 24.3 Å². The molecule has 110 valence electrons. The molecule has 1 unspecified atom stereocenters. The Bertz CT molecular complexity index is 622. The zero-order chi connectivity index (χ0) is 15.2. The van der Waals surface area contributed by atoms with Gasteiger partial charge < -0.3 is 10.1 Å². The summed E-state index contributed by atoms with van der Waals surface area (Å²) in [4.78, 5) is 24.2. The van der Waals surface area contributed by atoms with Crippen molar-refractivity contribution in [3.63, 3.8) is 0 Å². The largest absolute Gasteiger partial charge is 0.484 e. The van der Waals surface area contributed by atoms with E-state index in [1.807, 2.05) is 24.4 Å². The Hall–Kier alpha value is -2.14. The molecule has 5 heteroatoms. The Kier molecular flexibility index (Phi) is 5.11. The molecule has 0 aliphatic carbocycles. The van der Waals surface area contributed by atoms with Crippen molar-refractivity contribution in [3.8, 4) is 5.75 Å². The number of nitrogens with one attached hydrogen (secondary N) is 1. The Morgan fingerprint density at radius 2 is 2.10 bits per heavy atom. The smallest absolute Gasteiger partial charge is 0.258 e. The Balaban J connectivity index is 1.86. The van der Waals surface area contributed by atoms with Gasteiger partial charge in [0.2, 0.25) is 0 Å². The maximum atomic E-state index is 11.8. The van der Waals surface area contributed by atoms with Crippen LogP contribution >= 0.6 is 11.3 Å². The van der Waals surface area contributed by atoms with Gasteiger partial charge in [-0.15, -0.1) is 11.3 Å². The Labute approximate surface area is 127 Å². The lowest BCUT2D eigenvalue weighted by Crippen LogP contribution is -2.30. The minimum Gasteiger partial charge on any atom is -0.484 e.